The van der Waals surface area contributed by atoms with Crippen LogP contribution in [0.15, 0.2) is 33.8 Å². The second-order valence-corrected chi connectivity index (χ2v) is 5.86. The molecule has 0 spiro atoms. The molecule has 2 aromatic heterocycles. The average Bonchev–Trinajstić information content (AvgIpc) is 2.86. The largest absolute Gasteiger partial charge is 0.465 e. The van der Waals surface area contributed by atoms with Gasteiger partial charge in [-0.1, -0.05) is 0 Å². The lowest BCUT2D eigenvalue weighted by atomic mass is 10.3. The second-order valence-electron chi connectivity index (χ2n) is 4.14. The summed E-state index contributed by atoms with van der Waals surface area (Å²) in [6.45, 7) is 3.54. The topological polar surface area (TPSA) is 77.1 Å². The van der Waals surface area contributed by atoms with Crippen molar-refractivity contribution in [2.24, 2.45) is 7.05 Å². The molecule has 6 nitrogen and oxygen atoms in total. The fourth-order valence-corrected chi connectivity index (χ4v) is 2.78. The van der Waals surface area contributed by atoms with Crippen LogP contribution in [-0.2, 0) is 17.1 Å². The van der Waals surface area contributed by atoms with Crippen molar-refractivity contribution in [2.45, 2.75) is 24.8 Å². The van der Waals surface area contributed by atoms with Gasteiger partial charge >= 0.3 is 0 Å². The molecular weight excluding hydrogens is 254 g/mol. The highest BCUT2D eigenvalue weighted by Crippen LogP contribution is 2.18. The van der Waals surface area contributed by atoms with Crippen LogP contribution in [0.3, 0.4) is 0 Å². The lowest BCUT2D eigenvalue weighted by Gasteiger charge is -2.10. The molecule has 0 aliphatic carbocycles. The molecule has 0 aromatic carbocycles. The van der Waals surface area contributed by atoms with Crippen LogP contribution in [0.1, 0.15) is 24.5 Å². The highest BCUT2D eigenvalue weighted by atomic mass is 32.2. The van der Waals surface area contributed by atoms with Gasteiger partial charge in [0.25, 0.3) is 0 Å². The van der Waals surface area contributed by atoms with Crippen LogP contribution in [-0.4, -0.2) is 18.2 Å². The molecule has 0 saturated carbocycles. The summed E-state index contributed by atoms with van der Waals surface area (Å²) in [7, 11) is -1.91. The van der Waals surface area contributed by atoms with E-state index in [-0.39, 0.29) is 4.90 Å². The van der Waals surface area contributed by atoms with Gasteiger partial charge in [-0.15, -0.1) is 0 Å². The van der Waals surface area contributed by atoms with Gasteiger partial charge < -0.3 is 4.42 Å². The number of hydrogen-bond acceptors (Lipinski definition) is 4. The highest BCUT2D eigenvalue weighted by molar-refractivity contribution is 7.89. The van der Waals surface area contributed by atoms with Crippen LogP contribution in [0, 0.1) is 6.92 Å². The Morgan fingerprint density at radius 1 is 1.44 bits per heavy atom. The predicted molar refractivity (Wildman–Crippen MR) is 65.4 cm³/mol. The lowest BCUT2D eigenvalue weighted by Crippen LogP contribution is -2.26. The summed E-state index contributed by atoms with van der Waals surface area (Å²) in [5, 5.41) is 3.84. The molecule has 0 bridgehead atoms. The van der Waals surface area contributed by atoms with Gasteiger partial charge in [-0.2, -0.15) is 5.10 Å². The van der Waals surface area contributed by atoms with Crippen LogP contribution in [0.25, 0.3) is 0 Å². The number of hydrogen-bond donors (Lipinski definition) is 1. The van der Waals surface area contributed by atoms with Gasteiger partial charge in [-0.3, -0.25) is 4.68 Å². The molecule has 0 radical (unpaired) electrons. The van der Waals surface area contributed by atoms with Gasteiger partial charge in [0.05, 0.1) is 12.2 Å². The maximum absolute atomic E-state index is 12.0. The first kappa shape index (κ1) is 12.8. The molecule has 7 heteroatoms. The third-order valence-electron chi connectivity index (χ3n) is 2.51. The summed E-state index contributed by atoms with van der Waals surface area (Å²) < 4.78 is 33.4. The van der Waals surface area contributed by atoms with Gasteiger partial charge in [0, 0.05) is 13.2 Å². The highest BCUT2D eigenvalue weighted by Gasteiger charge is 2.21. The van der Waals surface area contributed by atoms with Crippen molar-refractivity contribution < 1.29 is 12.8 Å². The maximum Gasteiger partial charge on any atom is 0.244 e. The Morgan fingerprint density at radius 3 is 2.67 bits per heavy atom. The van der Waals surface area contributed by atoms with Crippen LogP contribution in [0.4, 0.5) is 0 Å². The van der Waals surface area contributed by atoms with Gasteiger partial charge in [-0.05, 0) is 26.0 Å². The Hall–Kier alpha value is -1.60. The molecule has 98 valence electrons. The second kappa shape index (κ2) is 4.58. The summed E-state index contributed by atoms with van der Waals surface area (Å²) in [5.41, 5.74) is 0. The van der Waals surface area contributed by atoms with E-state index in [1.165, 1.54) is 17.1 Å². The molecule has 2 heterocycles. The number of aryl methyl sites for hydroxylation is 2. The van der Waals surface area contributed by atoms with Crippen molar-refractivity contribution in [3.63, 3.8) is 0 Å². The quantitative estimate of drug-likeness (QED) is 0.909. The number of furan rings is 1. The van der Waals surface area contributed by atoms with Crippen molar-refractivity contribution in [3.8, 4) is 0 Å². The Morgan fingerprint density at radius 2 is 2.17 bits per heavy atom. The number of aromatic nitrogens is 2. The zero-order chi connectivity index (χ0) is 13.3. The monoisotopic (exact) mass is 269 g/mol. The predicted octanol–water partition coefficient (Wildman–Crippen LogP) is 1.36. The van der Waals surface area contributed by atoms with E-state index in [4.69, 9.17) is 4.42 Å². The van der Waals surface area contributed by atoms with E-state index in [9.17, 15) is 8.42 Å². The third-order valence-corrected chi connectivity index (χ3v) is 4.01. The summed E-state index contributed by atoms with van der Waals surface area (Å²) in [4.78, 5) is 0.139. The standard InChI is InChI=1S/C11H15N3O3S/c1-8-4-5-11(17-8)9(2)13-18(15,16)10-6-12-14(3)7-10/h4-7,9,13H,1-3H3/t9-/m0/s1. The lowest BCUT2D eigenvalue weighted by molar-refractivity contribution is 0.441. The molecular formula is C11H15N3O3S. The number of nitrogens with zero attached hydrogens (tertiary/aromatic N) is 2. The molecule has 0 aliphatic rings. The molecule has 2 rings (SSSR count). The normalized spacial score (nSPS) is 13.7. The Kier molecular flexibility index (Phi) is 3.27. The summed E-state index contributed by atoms with van der Waals surface area (Å²) in [5.74, 6) is 1.33. The van der Waals surface area contributed by atoms with E-state index in [1.807, 2.05) is 6.92 Å². The van der Waals surface area contributed by atoms with E-state index in [0.717, 1.165) is 5.76 Å². The molecule has 1 N–H and O–H groups in total. The van der Waals surface area contributed by atoms with E-state index < -0.39 is 16.1 Å². The van der Waals surface area contributed by atoms with E-state index in [2.05, 4.69) is 9.82 Å². The minimum Gasteiger partial charge on any atom is -0.465 e. The van der Waals surface area contributed by atoms with Crippen LogP contribution in [0.5, 0.6) is 0 Å². The fraction of sp³-hybridized carbons (Fsp3) is 0.364. The first-order valence-corrected chi connectivity index (χ1v) is 6.94. The van der Waals surface area contributed by atoms with Crippen molar-refractivity contribution in [1.82, 2.24) is 14.5 Å². The molecule has 0 unspecified atom stereocenters. The maximum atomic E-state index is 12.0. The van der Waals surface area contributed by atoms with Crippen molar-refractivity contribution in [3.05, 3.63) is 36.0 Å². The van der Waals surface area contributed by atoms with Crippen LogP contribution in [0.2, 0.25) is 0 Å². The number of sulfonamides is 1. The molecule has 2 aromatic rings. The first-order chi connectivity index (χ1) is 8.38. The molecule has 0 saturated heterocycles. The van der Waals surface area contributed by atoms with Gasteiger partial charge in [-0.25, -0.2) is 13.1 Å². The Balaban J connectivity index is 2.18. The molecule has 1 atom stereocenters. The zero-order valence-electron chi connectivity index (χ0n) is 10.4. The molecule has 0 aliphatic heterocycles. The van der Waals surface area contributed by atoms with Crippen molar-refractivity contribution in [1.29, 1.82) is 0 Å². The van der Waals surface area contributed by atoms with Crippen molar-refractivity contribution >= 4 is 10.0 Å². The SMILES string of the molecule is Cc1ccc([C@H](C)NS(=O)(=O)c2cnn(C)c2)o1. The van der Waals surface area contributed by atoms with E-state index in [1.54, 1.807) is 26.1 Å². The first-order valence-electron chi connectivity index (χ1n) is 5.46. The average molecular weight is 269 g/mol. The fourth-order valence-electron chi connectivity index (χ4n) is 1.58. The summed E-state index contributed by atoms with van der Waals surface area (Å²) >= 11 is 0. The van der Waals surface area contributed by atoms with Gasteiger partial charge in [0.1, 0.15) is 16.4 Å². The smallest absolute Gasteiger partial charge is 0.244 e. The third kappa shape index (κ3) is 2.62. The zero-order valence-corrected chi connectivity index (χ0v) is 11.2. The Bertz CT molecular complexity index is 642. The molecule has 0 amide bonds. The van der Waals surface area contributed by atoms with E-state index in [0.29, 0.717) is 5.76 Å². The summed E-state index contributed by atoms with van der Waals surface area (Å²) in [6.07, 6.45) is 2.75. The molecule has 18 heavy (non-hydrogen) atoms. The van der Waals surface area contributed by atoms with E-state index >= 15 is 0 Å². The van der Waals surface area contributed by atoms with Crippen LogP contribution >= 0.6 is 0 Å². The Labute approximate surface area is 106 Å². The van der Waals surface area contributed by atoms with Gasteiger partial charge in [0.2, 0.25) is 10.0 Å². The minimum absolute atomic E-state index is 0.139. The van der Waals surface area contributed by atoms with Crippen molar-refractivity contribution in [2.75, 3.05) is 0 Å². The minimum atomic E-state index is -3.57. The molecule has 0 fully saturated rings. The summed E-state index contributed by atoms with van der Waals surface area (Å²) in [6, 6.07) is 3.12. The number of nitrogens with one attached hydrogen (secondary N) is 1. The van der Waals surface area contributed by atoms with Gasteiger partial charge in [0.15, 0.2) is 0 Å². The number of rotatable bonds is 4. The van der Waals surface area contributed by atoms with Crippen LogP contribution < -0.4 is 4.72 Å².